The summed E-state index contributed by atoms with van der Waals surface area (Å²) in [5.74, 6) is -0.808. The highest BCUT2D eigenvalue weighted by Gasteiger charge is 2.46. The number of hydrogen-bond acceptors (Lipinski definition) is 5. The van der Waals surface area contributed by atoms with Gasteiger partial charge in [-0.15, -0.1) is 0 Å². The molecule has 0 aliphatic carbocycles. The molecule has 27 heavy (non-hydrogen) atoms. The molecule has 1 radical (unpaired) electrons. The van der Waals surface area contributed by atoms with Crippen molar-refractivity contribution in [3.63, 3.8) is 0 Å². The van der Waals surface area contributed by atoms with Crippen LogP contribution < -0.4 is 11.5 Å². The minimum Gasteiger partial charge on any atom is -0.368 e. The molecule has 0 bridgehead atoms. The maximum atomic E-state index is 12.8. The number of amides is 3. The minimum atomic E-state index is -1.23. The predicted molar refractivity (Wildman–Crippen MR) is 101 cm³/mol. The van der Waals surface area contributed by atoms with Crippen molar-refractivity contribution in [1.82, 2.24) is 25.3 Å². The molecule has 2 rings (SSSR count). The van der Waals surface area contributed by atoms with Crippen LogP contribution >= 0.6 is 0 Å². The second kappa shape index (κ2) is 8.99. The standard InChI is InChI=1S/C18H33N6O3/c1-21(2)17(26)12-8-5-6-10-23(12)16(14(19)15(20)25)24-11-7-9-13(24)18(27)22(3)4/h12-14,16,19H,5-11H2,1-4H3,(H2,20,25). The van der Waals surface area contributed by atoms with Crippen molar-refractivity contribution in [1.29, 1.82) is 0 Å². The lowest BCUT2D eigenvalue weighted by Crippen LogP contribution is -2.66. The number of hydrogen-bond donors (Lipinski definition) is 1. The smallest absolute Gasteiger partial charge is 0.239 e. The topological polar surface area (TPSA) is 114 Å². The predicted octanol–water partition coefficient (Wildman–Crippen LogP) is -1.06. The van der Waals surface area contributed by atoms with Gasteiger partial charge in [0.2, 0.25) is 17.7 Å². The average molecular weight is 382 g/mol. The minimum absolute atomic E-state index is 0.0361. The van der Waals surface area contributed by atoms with Crippen LogP contribution in [0.3, 0.4) is 0 Å². The second-order valence-electron chi connectivity index (χ2n) is 7.90. The first-order valence-electron chi connectivity index (χ1n) is 9.61. The molecule has 0 aromatic carbocycles. The Hall–Kier alpha value is -1.71. The molecule has 4 atom stereocenters. The van der Waals surface area contributed by atoms with E-state index in [0.717, 1.165) is 19.3 Å². The van der Waals surface area contributed by atoms with E-state index in [4.69, 9.17) is 11.5 Å². The zero-order valence-corrected chi connectivity index (χ0v) is 16.9. The Bertz CT molecular complexity index is 567. The first-order chi connectivity index (χ1) is 12.7. The first-order valence-corrected chi connectivity index (χ1v) is 9.61. The highest BCUT2D eigenvalue weighted by Crippen LogP contribution is 2.30. The van der Waals surface area contributed by atoms with Gasteiger partial charge >= 0.3 is 0 Å². The Morgan fingerprint density at radius 1 is 0.889 bits per heavy atom. The fourth-order valence-electron chi connectivity index (χ4n) is 4.22. The summed E-state index contributed by atoms with van der Waals surface area (Å²) in [5, 5.41) is 0. The third-order valence-corrected chi connectivity index (χ3v) is 5.57. The molecule has 2 saturated heterocycles. The number of carbonyl (C=O) groups excluding carboxylic acids is 3. The van der Waals surface area contributed by atoms with Gasteiger partial charge in [0.15, 0.2) is 0 Å². The van der Waals surface area contributed by atoms with Gasteiger partial charge in [0, 0.05) is 41.3 Å². The van der Waals surface area contributed by atoms with Crippen LogP contribution in [-0.2, 0) is 14.4 Å². The summed E-state index contributed by atoms with van der Waals surface area (Å²) < 4.78 is 0. The molecule has 2 fully saturated rings. The lowest BCUT2D eigenvalue weighted by Gasteiger charge is -2.47. The summed E-state index contributed by atoms with van der Waals surface area (Å²) in [6, 6.07) is -2.02. The lowest BCUT2D eigenvalue weighted by atomic mass is 9.97. The number of primary amides is 1. The van der Waals surface area contributed by atoms with E-state index in [1.54, 1.807) is 38.0 Å². The summed E-state index contributed by atoms with van der Waals surface area (Å²) in [5.41, 5.74) is 14.0. The SMILES string of the molecule is CN(C)C(=O)C1CCCCN1C(C([NH])C(N)=O)N1CCCC1C(=O)N(C)C. The van der Waals surface area contributed by atoms with Gasteiger partial charge in [0.05, 0.1) is 18.2 Å². The first kappa shape index (κ1) is 21.6. The number of rotatable bonds is 6. The normalized spacial score (nSPS) is 26.4. The highest BCUT2D eigenvalue weighted by molar-refractivity contribution is 5.84. The van der Waals surface area contributed by atoms with Gasteiger partial charge in [0.25, 0.3) is 0 Å². The van der Waals surface area contributed by atoms with Crippen molar-refractivity contribution in [3.8, 4) is 0 Å². The van der Waals surface area contributed by atoms with Gasteiger partial charge in [-0.3, -0.25) is 24.2 Å². The van der Waals surface area contributed by atoms with E-state index in [0.29, 0.717) is 25.9 Å². The molecule has 2 aliphatic rings. The number of nitrogens with zero attached hydrogens (tertiary/aromatic N) is 4. The molecule has 0 aromatic heterocycles. The van der Waals surface area contributed by atoms with Crippen LogP contribution in [0.4, 0.5) is 0 Å². The van der Waals surface area contributed by atoms with Crippen LogP contribution in [0.5, 0.6) is 0 Å². The van der Waals surface area contributed by atoms with Gasteiger partial charge in [0.1, 0.15) is 6.04 Å². The van der Waals surface area contributed by atoms with Gasteiger partial charge in [-0.2, -0.15) is 0 Å². The van der Waals surface area contributed by atoms with Crippen LogP contribution in [-0.4, -0.2) is 103 Å². The van der Waals surface area contributed by atoms with Gasteiger partial charge in [-0.05, 0) is 25.7 Å². The van der Waals surface area contributed by atoms with Crippen molar-refractivity contribution in [3.05, 3.63) is 0 Å². The molecule has 2 aliphatic heterocycles. The Balaban J connectivity index is 2.39. The molecular weight excluding hydrogens is 348 g/mol. The van der Waals surface area contributed by atoms with E-state index in [1.807, 2.05) is 9.80 Å². The molecular formula is C18H33N6O3. The van der Waals surface area contributed by atoms with E-state index >= 15 is 0 Å². The lowest BCUT2D eigenvalue weighted by molar-refractivity contribution is -0.146. The van der Waals surface area contributed by atoms with Gasteiger partial charge < -0.3 is 15.5 Å². The highest BCUT2D eigenvalue weighted by atomic mass is 16.2. The van der Waals surface area contributed by atoms with E-state index < -0.39 is 30.2 Å². The molecule has 9 heteroatoms. The maximum absolute atomic E-state index is 12.8. The number of nitrogens with two attached hydrogens (primary N) is 1. The molecule has 4 unspecified atom stereocenters. The Morgan fingerprint density at radius 3 is 1.78 bits per heavy atom. The van der Waals surface area contributed by atoms with E-state index in [9.17, 15) is 14.4 Å². The summed E-state index contributed by atoms with van der Waals surface area (Å²) in [6.07, 6.45) is 3.31. The monoisotopic (exact) mass is 381 g/mol. The second-order valence-corrected chi connectivity index (χ2v) is 7.90. The molecule has 2 heterocycles. The average Bonchev–Trinajstić information content (AvgIpc) is 3.09. The van der Waals surface area contributed by atoms with Crippen molar-refractivity contribution in [2.24, 2.45) is 5.73 Å². The quantitative estimate of drug-likeness (QED) is 0.630. The summed E-state index contributed by atoms with van der Waals surface area (Å²) in [7, 11) is 6.84. The zero-order valence-electron chi connectivity index (χ0n) is 16.9. The molecule has 0 saturated carbocycles. The molecule has 0 spiro atoms. The van der Waals surface area contributed by atoms with Crippen molar-refractivity contribution >= 4 is 17.7 Å². The summed E-state index contributed by atoms with van der Waals surface area (Å²) >= 11 is 0. The molecule has 153 valence electrons. The molecule has 0 aromatic rings. The Morgan fingerprint density at radius 2 is 1.33 bits per heavy atom. The number of likely N-dealkylation sites (N-methyl/N-ethyl adjacent to an activating group) is 2. The van der Waals surface area contributed by atoms with Crippen LogP contribution in [0, 0.1) is 0 Å². The molecule has 3 amide bonds. The number of likely N-dealkylation sites (tertiary alicyclic amines) is 2. The van der Waals surface area contributed by atoms with Crippen molar-refractivity contribution < 1.29 is 14.4 Å². The zero-order chi connectivity index (χ0) is 20.3. The van der Waals surface area contributed by atoms with E-state index in [2.05, 4.69) is 0 Å². The fourth-order valence-corrected chi connectivity index (χ4v) is 4.22. The number of piperidine rings is 1. The van der Waals surface area contributed by atoms with Gasteiger partial charge in [-0.25, -0.2) is 5.73 Å². The summed E-state index contributed by atoms with van der Waals surface area (Å²) in [6.45, 7) is 1.22. The molecule has 3 N–H and O–H groups in total. The largest absolute Gasteiger partial charge is 0.368 e. The maximum Gasteiger partial charge on any atom is 0.239 e. The van der Waals surface area contributed by atoms with Crippen LogP contribution in [0.15, 0.2) is 0 Å². The van der Waals surface area contributed by atoms with Gasteiger partial charge in [-0.1, -0.05) is 6.42 Å². The van der Waals surface area contributed by atoms with E-state index in [1.165, 1.54) is 0 Å². The summed E-state index contributed by atoms with van der Waals surface area (Å²) in [4.78, 5) is 44.3. The number of carbonyl (C=O) groups is 3. The van der Waals surface area contributed by atoms with E-state index in [-0.39, 0.29) is 11.8 Å². The number of nitrogens with one attached hydrogen (secondary N) is 1. The van der Waals surface area contributed by atoms with Crippen LogP contribution in [0.2, 0.25) is 0 Å². The third kappa shape index (κ3) is 4.59. The Kier molecular flexibility index (Phi) is 7.19. The van der Waals surface area contributed by atoms with Crippen molar-refractivity contribution in [2.45, 2.75) is 56.4 Å². The van der Waals surface area contributed by atoms with Crippen molar-refractivity contribution in [2.75, 3.05) is 41.3 Å². The fraction of sp³-hybridized carbons (Fsp3) is 0.833. The Labute approximate surface area is 161 Å². The molecule has 9 nitrogen and oxygen atoms in total. The third-order valence-electron chi connectivity index (χ3n) is 5.57. The van der Waals surface area contributed by atoms with Crippen LogP contribution in [0.1, 0.15) is 32.1 Å². The van der Waals surface area contributed by atoms with Crippen LogP contribution in [0.25, 0.3) is 0 Å².